The first-order valence-electron chi connectivity index (χ1n) is 5.33. The maximum atomic E-state index is 10.7. The molecule has 1 aromatic carbocycles. The molecule has 0 bridgehead atoms. The lowest BCUT2D eigenvalue weighted by Crippen LogP contribution is -1.98. The number of nitro benzene ring substituents is 1. The van der Waals surface area contributed by atoms with Crippen LogP contribution in [0.15, 0.2) is 29.0 Å². The Labute approximate surface area is 127 Å². The molecule has 0 saturated carbocycles. The lowest BCUT2D eigenvalue weighted by molar-refractivity contribution is -0.384. The van der Waals surface area contributed by atoms with Gasteiger partial charge in [-0.15, -0.1) is 0 Å². The third-order valence-electron chi connectivity index (χ3n) is 2.32. The van der Waals surface area contributed by atoms with Crippen LogP contribution in [0.4, 0.5) is 11.5 Å². The summed E-state index contributed by atoms with van der Waals surface area (Å²) < 4.78 is 6.06. The Morgan fingerprint density at radius 3 is 2.80 bits per heavy atom. The summed E-state index contributed by atoms with van der Waals surface area (Å²) in [6.07, 6.45) is 1.33. The number of rotatable bonds is 4. The largest absolute Gasteiger partial charge is 0.438 e. The molecule has 0 saturated heterocycles. The Morgan fingerprint density at radius 1 is 1.45 bits per heavy atom. The lowest BCUT2D eigenvalue weighted by Gasteiger charge is -2.09. The summed E-state index contributed by atoms with van der Waals surface area (Å²) in [5, 5.41) is 13.5. The SMILES string of the molecule is CNc1ncnc(Oc2ccc([N+](=O)[O-])c(Cl)c2)c1Br. The molecule has 0 unspecified atom stereocenters. The highest BCUT2D eigenvalue weighted by Gasteiger charge is 2.15. The predicted octanol–water partition coefficient (Wildman–Crippen LogP) is 3.63. The fourth-order valence-electron chi connectivity index (χ4n) is 1.41. The molecule has 20 heavy (non-hydrogen) atoms. The van der Waals surface area contributed by atoms with E-state index in [2.05, 4.69) is 31.2 Å². The summed E-state index contributed by atoms with van der Waals surface area (Å²) in [7, 11) is 1.71. The second-order valence-electron chi connectivity index (χ2n) is 3.56. The normalized spacial score (nSPS) is 10.2. The van der Waals surface area contributed by atoms with Crippen LogP contribution < -0.4 is 10.1 Å². The molecule has 104 valence electrons. The monoisotopic (exact) mass is 358 g/mol. The molecule has 1 aromatic heterocycles. The van der Waals surface area contributed by atoms with Gasteiger partial charge in [-0.25, -0.2) is 9.97 Å². The van der Waals surface area contributed by atoms with Gasteiger partial charge in [0.25, 0.3) is 5.69 Å². The van der Waals surface area contributed by atoms with Gasteiger partial charge in [0.05, 0.1) is 4.92 Å². The third-order valence-corrected chi connectivity index (χ3v) is 3.34. The Kier molecular flexibility index (Phi) is 4.35. The number of halogens is 2. The van der Waals surface area contributed by atoms with Crippen molar-refractivity contribution in [1.82, 2.24) is 9.97 Å². The molecule has 7 nitrogen and oxygen atoms in total. The molecular weight excluding hydrogens is 352 g/mol. The van der Waals surface area contributed by atoms with Crippen LogP contribution in [0.1, 0.15) is 0 Å². The van der Waals surface area contributed by atoms with Crippen molar-refractivity contribution in [1.29, 1.82) is 0 Å². The van der Waals surface area contributed by atoms with E-state index in [-0.39, 0.29) is 16.6 Å². The van der Waals surface area contributed by atoms with Crippen molar-refractivity contribution in [2.45, 2.75) is 0 Å². The summed E-state index contributed by atoms with van der Waals surface area (Å²) >= 11 is 9.11. The zero-order chi connectivity index (χ0) is 14.7. The van der Waals surface area contributed by atoms with Crippen molar-refractivity contribution in [3.63, 3.8) is 0 Å². The Balaban J connectivity index is 2.31. The van der Waals surface area contributed by atoms with Gasteiger partial charge in [-0.05, 0) is 22.0 Å². The van der Waals surface area contributed by atoms with Crippen LogP contribution in [0.2, 0.25) is 5.02 Å². The number of nitro groups is 1. The summed E-state index contributed by atoms with van der Waals surface area (Å²) in [6, 6.07) is 4.07. The van der Waals surface area contributed by atoms with Gasteiger partial charge in [0.15, 0.2) is 0 Å². The van der Waals surface area contributed by atoms with E-state index in [1.165, 1.54) is 24.5 Å². The molecule has 0 fully saturated rings. The van der Waals surface area contributed by atoms with E-state index >= 15 is 0 Å². The molecular formula is C11H8BrClN4O3. The number of nitrogens with zero attached hydrogens (tertiary/aromatic N) is 3. The molecule has 9 heteroatoms. The number of ether oxygens (including phenoxy) is 1. The van der Waals surface area contributed by atoms with Crippen molar-refractivity contribution in [2.75, 3.05) is 12.4 Å². The number of nitrogens with one attached hydrogen (secondary N) is 1. The fraction of sp³-hybridized carbons (Fsp3) is 0.0909. The van der Waals surface area contributed by atoms with Gasteiger partial charge >= 0.3 is 0 Å². The van der Waals surface area contributed by atoms with Crippen molar-refractivity contribution >= 4 is 39.0 Å². The van der Waals surface area contributed by atoms with Crippen LogP contribution in [0, 0.1) is 10.1 Å². The number of aromatic nitrogens is 2. The third kappa shape index (κ3) is 2.97. The van der Waals surface area contributed by atoms with Gasteiger partial charge in [-0.2, -0.15) is 0 Å². The Bertz CT molecular complexity index is 668. The van der Waals surface area contributed by atoms with E-state index in [4.69, 9.17) is 16.3 Å². The zero-order valence-electron chi connectivity index (χ0n) is 10.1. The summed E-state index contributed by atoms with van der Waals surface area (Å²) in [6.45, 7) is 0. The van der Waals surface area contributed by atoms with Crippen LogP contribution in [0.3, 0.4) is 0 Å². The van der Waals surface area contributed by atoms with Crippen LogP contribution >= 0.6 is 27.5 Å². The number of hydrogen-bond acceptors (Lipinski definition) is 6. The molecule has 2 rings (SSSR count). The second-order valence-corrected chi connectivity index (χ2v) is 4.76. The second kappa shape index (κ2) is 6.02. The van der Waals surface area contributed by atoms with Gasteiger partial charge in [-0.3, -0.25) is 10.1 Å². The summed E-state index contributed by atoms with van der Waals surface area (Å²) in [5.41, 5.74) is -0.184. The maximum Gasteiger partial charge on any atom is 0.288 e. The van der Waals surface area contributed by atoms with Crippen LogP contribution in [-0.2, 0) is 0 Å². The van der Waals surface area contributed by atoms with Crippen molar-refractivity contribution in [2.24, 2.45) is 0 Å². The van der Waals surface area contributed by atoms with E-state index in [0.29, 0.717) is 16.0 Å². The molecule has 0 atom stereocenters. The summed E-state index contributed by atoms with van der Waals surface area (Å²) in [4.78, 5) is 18.1. The van der Waals surface area contributed by atoms with Crippen LogP contribution in [0.25, 0.3) is 0 Å². The Morgan fingerprint density at radius 2 is 2.20 bits per heavy atom. The van der Waals surface area contributed by atoms with Crippen LogP contribution in [0.5, 0.6) is 11.6 Å². The first kappa shape index (κ1) is 14.5. The molecule has 0 amide bonds. The molecule has 1 N–H and O–H groups in total. The molecule has 0 radical (unpaired) electrons. The van der Waals surface area contributed by atoms with E-state index in [1.54, 1.807) is 7.05 Å². The minimum atomic E-state index is -0.564. The maximum absolute atomic E-state index is 10.7. The molecule has 1 heterocycles. The van der Waals surface area contributed by atoms with Gasteiger partial charge in [0.2, 0.25) is 5.88 Å². The number of benzene rings is 1. The minimum absolute atomic E-state index is 0.00785. The molecule has 2 aromatic rings. The number of anilines is 1. The fourth-order valence-corrected chi connectivity index (χ4v) is 2.13. The molecule has 0 aliphatic carbocycles. The highest BCUT2D eigenvalue weighted by Crippen LogP contribution is 2.34. The average molecular weight is 360 g/mol. The van der Waals surface area contributed by atoms with E-state index < -0.39 is 4.92 Å². The first-order valence-corrected chi connectivity index (χ1v) is 6.50. The van der Waals surface area contributed by atoms with Crippen LogP contribution in [-0.4, -0.2) is 21.9 Å². The summed E-state index contributed by atoms with van der Waals surface area (Å²) in [5.74, 6) is 1.17. The smallest absolute Gasteiger partial charge is 0.288 e. The van der Waals surface area contributed by atoms with Crippen molar-refractivity contribution < 1.29 is 9.66 Å². The van der Waals surface area contributed by atoms with Gasteiger partial charge < -0.3 is 10.1 Å². The standard InChI is InChI=1S/C11H8BrClN4O3/c1-14-10-9(12)11(16-5-15-10)20-6-2-3-8(17(18)19)7(13)4-6/h2-5H,1H3,(H,14,15,16). The van der Waals surface area contributed by atoms with Crippen molar-refractivity contribution in [3.8, 4) is 11.6 Å². The quantitative estimate of drug-likeness (QED) is 0.662. The topological polar surface area (TPSA) is 90.2 Å². The highest BCUT2D eigenvalue weighted by molar-refractivity contribution is 9.10. The minimum Gasteiger partial charge on any atom is -0.438 e. The zero-order valence-corrected chi connectivity index (χ0v) is 12.5. The molecule has 0 aliphatic rings. The molecule has 0 spiro atoms. The van der Waals surface area contributed by atoms with Gasteiger partial charge in [0.1, 0.15) is 27.4 Å². The molecule has 0 aliphatic heterocycles. The van der Waals surface area contributed by atoms with E-state index in [9.17, 15) is 10.1 Å². The Hall–Kier alpha value is -1.93. The van der Waals surface area contributed by atoms with Crippen molar-refractivity contribution in [3.05, 3.63) is 44.1 Å². The van der Waals surface area contributed by atoms with E-state index in [0.717, 1.165) is 0 Å². The highest BCUT2D eigenvalue weighted by atomic mass is 79.9. The first-order chi connectivity index (χ1) is 9.52. The average Bonchev–Trinajstić information content (AvgIpc) is 2.41. The number of hydrogen-bond donors (Lipinski definition) is 1. The van der Waals surface area contributed by atoms with E-state index in [1.807, 2.05) is 0 Å². The van der Waals surface area contributed by atoms with Gasteiger partial charge in [0, 0.05) is 19.2 Å². The lowest BCUT2D eigenvalue weighted by atomic mass is 10.3. The van der Waals surface area contributed by atoms with Gasteiger partial charge in [-0.1, -0.05) is 11.6 Å². The predicted molar refractivity (Wildman–Crippen MR) is 77.5 cm³/mol.